The molecule has 0 unspecified atom stereocenters. The van der Waals surface area contributed by atoms with E-state index in [0.717, 1.165) is 12.1 Å². The van der Waals surface area contributed by atoms with Crippen LogP contribution in [0.1, 0.15) is 26.3 Å². The van der Waals surface area contributed by atoms with Crippen LogP contribution >= 0.6 is 0 Å². The quantitative estimate of drug-likeness (QED) is 0.694. The minimum atomic E-state index is -4.67. The van der Waals surface area contributed by atoms with Crippen molar-refractivity contribution in [3.63, 3.8) is 0 Å². The van der Waals surface area contributed by atoms with Gasteiger partial charge in [0.1, 0.15) is 5.75 Å². The lowest BCUT2D eigenvalue weighted by Gasteiger charge is -2.35. The summed E-state index contributed by atoms with van der Waals surface area (Å²) >= 11 is 0. The van der Waals surface area contributed by atoms with Gasteiger partial charge in [-0.1, -0.05) is 24.3 Å². The second-order valence-corrected chi connectivity index (χ2v) is 6.50. The summed E-state index contributed by atoms with van der Waals surface area (Å²) < 4.78 is 69.0. The second-order valence-electron chi connectivity index (χ2n) is 6.50. The molecule has 10 heteroatoms. The lowest BCUT2D eigenvalue weighted by Crippen LogP contribution is -2.50. The number of alkyl halides is 5. The number of halogens is 5. The summed E-state index contributed by atoms with van der Waals surface area (Å²) in [6.45, 7) is -2.99. The van der Waals surface area contributed by atoms with Crippen LogP contribution in [0.3, 0.4) is 0 Å². The molecule has 0 atom stereocenters. The number of ether oxygens (including phenoxy) is 1. The number of para-hydroxylation sites is 1. The predicted octanol–water partition coefficient (Wildman–Crippen LogP) is 3.91. The third kappa shape index (κ3) is 4.69. The normalized spacial score (nSPS) is 14.7. The molecule has 1 fully saturated rings. The van der Waals surface area contributed by atoms with E-state index in [0.29, 0.717) is 0 Å². The number of nitrogens with zero attached hydrogens (tertiary/aromatic N) is 2. The predicted molar refractivity (Wildman–Crippen MR) is 96.3 cm³/mol. The van der Waals surface area contributed by atoms with E-state index < -0.39 is 35.7 Å². The summed E-state index contributed by atoms with van der Waals surface area (Å²) in [5, 5.41) is 0. The second kappa shape index (κ2) is 8.68. The number of rotatable bonds is 4. The Morgan fingerprint density at radius 1 is 0.800 bits per heavy atom. The molecule has 0 radical (unpaired) electrons. The third-order valence-electron chi connectivity index (χ3n) is 4.65. The third-order valence-corrected chi connectivity index (χ3v) is 4.65. The summed E-state index contributed by atoms with van der Waals surface area (Å²) in [6, 6.07) is 10.0. The summed E-state index contributed by atoms with van der Waals surface area (Å²) in [5.41, 5.74) is -1.54. The Morgan fingerprint density at radius 3 is 1.80 bits per heavy atom. The summed E-state index contributed by atoms with van der Waals surface area (Å²) in [4.78, 5) is 27.9. The lowest BCUT2D eigenvalue weighted by molar-refractivity contribution is -0.138. The number of amides is 2. The van der Waals surface area contributed by atoms with E-state index in [1.54, 1.807) is 0 Å². The largest absolute Gasteiger partial charge is 0.434 e. The smallest absolute Gasteiger partial charge is 0.417 e. The number of piperazine rings is 1. The van der Waals surface area contributed by atoms with Crippen molar-refractivity contribution in [3.05, 3.63) is 65.2 Å². The van der Waals surface area contributed by atoms with Gasteiger partial charge in [0.25, 0.3) is 11.8 Å². The average Bonchev–Trinajstić information content (AvgIpc) is 2.72. The number of benzene rings is 2. The molecule has 30 heavy (non-hydrogen) atoms. The molecule has 1 saturated heterocycles. The Hall–Kier alpha value is -3.17. The van der Waals surface area contributed by atoms with E-state index in [2.05, 4.69) is 4.74 Å². The van der Waals surface area contributed by atoms with Gasteiger partial charge in [-0.05, 0) is 24.3 Å². The standard InChI is InChI=1S/C20H17F5N2O3/c21-19(22)30-16-8-4-2-6-14(16)18(29)27-11-9-26(10-12-27)17(28)13-5-1-3-7-15(13)20(23,24)25/h1-8,19H,9-12H2. The molecule has 0 aromatic heterocycles. The summed E-state index contributed by atoms with van der Waals surface area (Å²) in [5.74, 6) is -1.61. The number of hydrogen-bond donors (Lipinski definition) is 0. The number of carbonyl (C=O) groups is 2. The number of carbonyl (C=O) groups excluding carboxylic acids is 2. The van der Waals surface area contributed by atoms with Crippen LogP contribution in [0.25, 0.3) is 0 Å². The fraction of sp³-hybridized carbons (Fsp3) is 0.300. The first-order chi connectivity index (χ1) is 14.2. The topological polar surface area (TPSA) is 49.9 Å². The maximum atomic E-state index is 13.2. The molecular formula is C20H17F5N2O3. The van der Waals surface area contributed by atoms with E-state index >= 15 is 0 Å². The maximum absolute atomic E-state index is 13.2. The minimum Gasteiger partial charge on any atom is -0.434 e. The van der Waals surface area contributed by atoms with E-state index in [4.69, 9.17) is 0 Å². The van der Waals surface area contributed by atoms with Crippen LogP contribution in [-0.2, 0) is 6.18 Å². The first kappa shape index (κ1) is 21.5. The van der Waals surface area contributed by atoms with Crippen molar-refractivity contribution in [1.29, 1.82) is 0 Å². The Labute approximate surface area is 168 Å². The van der Waals surface area contributed by atoms with E-state index in [-0.39, 0.29) is 37.5 Å². The van der Waals surface area contributed by atoms with Gasteiger partial charge in [0.2, 0.25) is 0 Å². The molecular weight excluding hydrogens is 411 g/mol. The van der Waals surface area contributed by atoms with Crippen molar-refractivity contribution in [2.75, 3.05) is 26.2 Å². The highest BCUT2D eigenvalue weighted by Gasteiger charge is 2.36. The summed E-state index contributed by atoms with van der Waals surface area (Å²) in [7, 11) is 0. The highest BCUT2D eigenvalue weighted by molar-refractivity contribution is 5.98. The van der Waals surface area contributed by atoms with Crippen molar-refractivity contribution in [1.82, 2.24) is 9.80 Å². The van der Waals surface area contributed by atoms with Gasteiger partial charge in [-0.15, -0.1) is 0 Å². The van der Waals surface area contributed by atoms with Gasteiger partial charge in [0, 0.05) is 26.2 Å². The van der Waals surface area contributed by atoms with Gasteiger partial charge < -0.3 is 14.5 Å². The molecule has 0 saturated carbocycles. The minimum absolute atomic E-state index is 0.00857. The lowest BCUT2D eigenvalue weighted by atomic mass is 10.1. The molecule has 0 aliphatic carbocycles. The van der Waals surface area contributed by atoms with Crippen molar-refractivity contribution >= 4 is 11.8 Å². The summed E-state index contributed by atoms with van der Waals surface area (Å²) in [6.07, 6.45) is -4.67. The molecule has 2 aromatic rings. The fourth-order valence-electron chi connectivity index (χ4n) is 3.21. The molecule has 2 aromatic carbocycles. The highest BCUT2D eigenvalue weighted by Crippen LogP contribution is 2.32. The zero-order valence-electron chi connectivity index (χ0n) is 15.5. The molecule has 5 nitrogen and oxygen atoms in total. The van der Waals surface area contributed by atoms with Crippen LogP contribution in [0, 0.1) is 0 Å². The van der Waals surface area contributed by atoms with E-state index in [1.165, 1.54) is 46.2 Å². The number of hydrogen-bond acceptors (Lipinski definition) is 3. The van der Waals surface area contributed by atoms with Crippen LogP contribution in [-0.4, -0.2) is 54.4 Å². The van der Waals surface area contributed by atoms with Gasteiger partial charge in [-0.3, -0.25) is 9.59 Å². The zero-order valence-corrected chi connectivity index (χ0v) is 15.5. The van der Waals surface area contributed by atoms with Crippen LogP contribution < -0.4 is 4.74 Å². The van der Waals surface area contributed by atoms with Crippen LogP contribution in [0.4, 0.5) is 22.0 Å². The van der Waals surface area contributed by atoms with Gasteiger partial charge in [0.15, 0.2) is 0 Å². The van der Waals surface area contributed by atoms with Crippen molar-refractivity contribution < 1.29 is 36.3 Å². The highest BCUT2D eigenvalue weighted by atomic mass is 19.4. The molecule has 1 heterocycles. The maximum Gasteiger partial charge on any atom is 0.417 e. The molecule has 0 bridgehead atoms. The molecule has 3 rings (SSSR count). The van der Waals surface area contributed by atoms with Crippen LogP contribution in [0.2, 0.25) is 0 Å². The Balaban J connectivity index is 1.70. The molecule has 1 aliphatic heterocycles. The Morgan fingerprint density at radius 2 is 1.27 bits per heavy atom. The average molecular weight is 428 g/mol. The monoisotopic (exact) mass is 428 g/mol. The van der Waals surface area contributed by atoms with E-state index in [9.17, 15) is 31.5 Å². The van der Waals surface area contributed by atoms with Crippen LogP contribution in [0.15, 0.2) is 48.5 Å². The van der Waals surface area contributed by atoms with Crippen molar-refractivity contribution in [2.24, 2.45) is 0 Å². The van der Waals surface area contributed by atoms with Gasteiger partial charge in [-0.2, -0.15) is 22.0 Å². The molecule has 0 N–H and O–H groups in total. The van der Waals surface area contributed by atoms with Gasteiger partial charge >= 0.3 is 12.8 Å². The molecule has 160 valence electrons. The molecule has 2 amide bonds. The first-order valence-corrected chi connectivity index (χ1v) is 8.97. The first-order valence-electron chi connectivity index (χ1n) is 8.97. The van der Waals surface area contributed by atoms with Crippen molar-refractivity contribution in [2.45, 2.75) is 12.8 Å². The van der Waals surface area contributed by atoms with Crippen LogP contribution in [0.5, 0.6) is 5.75 Å². The van der Waals surface area contributed by atoms with Crippen molar-refractivity contribution in [3.8, 4) is 5.75 Å². The molecule has 1 aliphatic rings. The zero-order chi connectivity index (χ0) is 21.9. The SMILES string of the molecule is O=C(c1ccccc1OC(F)F)N1CCN(C(=O)c2ccccc2C(F)(F)F)CC1. The van der Waals surface area contributed by atoms with E-state index in [1.807, 2.05) is 0 Å². The van der Waals surface area contributed by atoms with Gasteiger partial charge in [0.05, 0.1) is 16.7 Å². The molecule has 0 spiro atoms. The Kier molecular flexibility index (Phi) is 6.23. The fourth-order valence-corrected chi connectivity index (χ4v) is 3.21. The Bertz CT molecular complexity index is 925. The van der Waals surface area contributed by atoms with Gasteiger partial charge in [-0.25, -0.2) is 0 Å².